The number of allylic oxidation sites excluding steroid dienone is 4. The van der Waals surface area contributed by atoms with E-state index in [0.29, 0.717) is 17.9 Å². The molecule has 0 saturated heterocycles. The fourth-order valence-electron chi connectivity index (χ4n) is 2.44. The third-order valence-corrected chi connectivity index (χ3v) is 4.12. The van der Waals surface area contributed by atoms with Gasteiger partial charge in [0.15, 0.2) is 0 Å². The van der Waals surface area contributed by atoms with E-state index in [2.05, 4.69) is 32.9 Å². The number of rotatable bonds is 9. The van der Waals surface area contributed by atoms with Crippen LogP contribution in [0.25, 0.3) is 0 Å². The number of hydrogen-bond acceptors (Lipinski definition) is 2. The topological polar surface area (TPSA) is 40.5 Å². The van der Waals surface area contributed by atoms with Crippen LogP contribution >= 0.6 is 11.6 Å². The lowest BCUT2D eigenvalue weighted by Gasteiger charge is -2.09. The van der Waals surface area contributed by atoms with Crippen molar-refractivity contribution in [3.63, 3.8) is 0 Å². The van der Waals surface area contributed by atoms with Crippen LogP contribution in [-0.2, 0) is 12.8 Å². The minimum Gasteiger partial charge on any atom is -0.508 e. The molecule has 0 fully saturated rings. The van der Waals surface area contributed by atoms with E-state index in [4.69, 9.17) is 11.6 Å². The summed E-state index contributed by atoms with van der Waals surface area (Å²) in [7, 11) is 0. The highest BCUT2D eigenvalue weighted by molar-refractivity contribution is 6.17. The van der Waals surface area contributed by atoms with Crippen LogP contribution in [-0.4, -0.2) is 16.1 Å². The number of phenolic OH excluding ortho intramolecular Hbond substituents is 2. The molecular weight excluding hydrogens is 308 g/mol. The van der Waals surface area contributed by atoms with E-state index in [1.807, 2.05) is 0 Å². The molecule has 1 aromatic carbocycles. The Bertz CT molecular complexity index is 532. The quantitative estimate of drug-likeness (QED) is 0.335. The van der Waals surface area contributed by atoms with Gasteiger partial charge in [-0.1, -0.05) is 23.3 Å². The van der Waals surface area contributed by atoms with E-state index in [1.165, 1.54) is 11.1 Å². The van der Waals surface area contributed by atoms with Crippen molar-refractivity contribution in [2.24, 2.45) is 0 Å². The van der Waals surface area contributed by atoms with E-state index in [1.54, 1.807) is 12.1 Å². The van der Waals surface area contributed by atoms with Crippen molar-refractivity contribution in [3.8, 4) is 11.5 Å². The Morgan fingerprint density at radius 1 is 1.04 bits per heavy atom. The molecule has 23 heavy (non-hydrogen) atoms. The lowest BCUT2D eigenvalue weighted by molar-refractivity contribution is 0.439. The van der Waals surface area contributed by atoms with Gasteiger partial charge < -0.3 is 10.2 Å². The Kier molecular flexibility index (Phi) is 8.86. The van der Waals surface area contributed by atoms with Gasteiger partial charge >= 0.3 is 0 Å². The number of unbranched alkanes of at least 4 members (excludes halogenated alkanes) is 1. The fraction of sp³-hybridized carbons (Fsp3) is 0.500. The Labute approximate surface area is 145 Å². The Morgan fingerprint density at radius 2 is 1.70 bits per heavy atom. The third kappa shape index (κ3) is 7.60. The highest BCUT2D eigenvalue weighted by atomic mass is 35.5. The molecule has 128 valence electrons. The van der Waals surface area contributed by atoms with Crippen molar-refractivity contribution in [1.29, 1.82) is 0 Å². The second-order valence-electron chi connectivity index (χ2n) is 6.33. The van der Waals surface area contributed by atoms with Crippen LogP contribution < -0.4 is 0 Å². The van der Waals surface area contributed by atoms with Gasteiger partial charge in [0.1, 0.15) is 11.5 Å². The summed E-state index contributed by atoms with van der Waals surface area (Å²) in [5.41, 5.74) is 4.16. The minimum atomic E-state index is 0.180. The molecule has 1 rings (SSSR count). The zero-order valence-electron chi connectivity index (χ0n) is 14.5. The summed E-state index contributed by atoms with van der Waals surface area (Å²) in [6.45, 7) is 6.29. The normalized spacial score (nSPS) is 11.6. The van der Waals surface area contributed by atoms with Crippen molar-refractivity contribution in [1.82, 2.24) is 0 Å². The number of aryl methyl sites for hydroxylation is 1. The second-order valence-corrected chi connectivity index (χ2v) is 6.71. The van der Waals surface area contributed by atoms with E-state index in [-0.39, 0.29) is 11.5 Å². The molecule has 0 bridgehead atoms. The summed E-state index contributed by atoms with van der Waals surface area (Å²) in [5.74, 6) is 1.01. The molecule has 0 aliphatic carbocycles. The largest absolute Gasteiger partial charge is 0.508 e. The van der Waals surface area contributed by atoms with E-state index in [9.17, 15) is 10.2 Å². The first-order chi connectivity index (χ1) is 10.9. The highest BCUT2D eigenvalue weighted by Gasteiger charge is 2.09. The van der Waals surface area contributed by atoms with Crippen LogP contribution in [0.5, 0.6) is 11.5 Å². The van der Waals surface area contributed by atoms with Gasteiger partial charge in [-0.2, -0.15) is 0 Å². The van der Waals surface area contributed by atoms with E-state index in [0.717, 1.165) is 37.7 Å². The predicted octanol–water partition coefficient (Wildman–Crippen LogP) is 5.89. The van der Waals surface area contributed by atoms with E-state index >= 15 is 0 Å². The number of benzene rings is 1. The van der Waals surface area contributed by atoms with Crippen LogP contribution in [0.2, 0.25) is 0 Å². The fourth-order valence-corrected chi connectivity index (χ4v) is 2.63. The van der Waals surface area contributed by atoms with Crippen LogP contribution in [0, 0.1) is 0 Å². The van der Waals surface area contributed by atoms with Crippen molar-refractivity contribution in [3.05, 3.63) is 46.6 Å². The molecule has 0 amide bonds. The first-order valence-electron chi connectivity index (χ1n) is 8.32. The smallest absolute Gasteiger partial charge is 0.123 e. The van der Waals surface area contributed by atoms with Gasteiger partial charge in [0.25, 0.3) is 0 Å². The zero-order chi connectivity index (χ0) is 17.2. The minimum absolute atomic E-state index is 0.180. The van der Waals surface area contributed by atoms with Crippen LogP contribution in [0.4, 0.5) is 0 Å². The lowest BCUT2D eigenvalue weighted by Crippen LogP contribution is -1.91. The maximum atomic E-state index is 10.2. The number of phenols is 2. The summed E-state index contributed by atoms with van der Waals surface area (Å²) in [5, 5.41) is 20.3. The first kappa shape index (κ1) is 19.6. The molecular formula is C20H29ClO2. The van der Waals surface area contributed by atoms with Gasteiger partial charge in [-0.15, -0.1) is 11.6 Å². The van der Waals surface area contributed by atoms with Crippen molar-refractivity contribution in [2.45, 2.75) is 59.3 Å². The number of alkyl halides is 1. The first-order valence-corrected chi connectivity index (χ1v) is 8.86. The molecule has 2 nitrogen and oxygen atoms in total. The standard InChI is InChI=1S/C20H29ClO2/c1-15(2)7-6-8-16(3)10-11-18-19(22)13-17(14-20(18)23)9-4-5-12-21/h7,10,13-14,22-23H,4-6,8-9,11-12H2,1-3H3. The number of hydrogen-bond donors (Lipinski definition) is 2. The van der Waals surface area contributed by atoms with E-state index < -0.39 is 0 Å². The molecule has 0 heterocycles. The Morgan fingerprint density at radius 3 is 2.26 bits per heavy atom. The number of halogens is 1. The summed E-state index contributed by atoms with van der Waals surface area (Å²) < 4.78 is 0. The van der Waals surface area contributed by atoms with Gasteiger partial charge in [-0.25, -0.2) is 0 Å². The van der Waals surface area contributed by atoms with Crippen LogP contribution in [0.1, 0.15) is 57.6 Å². The SMILES string of the molecule is CC(C)=CCCC(C)=CCc1c(O)cc(CCCCCl)cc1O. The van der Waals surface area contributed by atoms with Gasteiger partial charge in [0, 0.05) is 11.4 Å². The molecule has 0 aliphatic heterocycles. The van der Waals surface area contributed by atoms with Gasteiger partial charge in [0.2, 0.25) is 0 Å². The summed E-state index contributed by atoms with van der Waals surface area (Å²) in [6, 6.07) is 3.52. The van der Waals surface area contributed by atoms with Crippen molar-refractivity contribution in [2.75, 3.05) is 5.88 Å². The third-order valence-electron chi connectivity index (χ3n) is 3.86. The Hall–Kier alpha value is -1.41. The van der Waals surface area contributed by atoms with Crippen LogP contribution in [0.15, 0.2) is 35.4 Å². The molecule has 0 aliphatic rings. The summed E-state index contributed by atoms with van der Waals surface area (Å²) in [6.07, 6.45) is 9.63. The maximum absolute atomic E-state index is 10.2. The zero-order valence-corrected chi connectivity index (χ0v) is 15.3. The molecule has 0 radical (unpaired) electrons. The molecule has 0 saturated carbocycles. The highest BCUT2D eigenvalue weighted by Crippen LogP contribution is 2.30. The van der Waals surface area contributed by atoms with Gasteiger partial charge in [-0.3, -0.25) is 0 Å². The predicted molar refractivity (Wildman–Crippen MR) is 99.6 cm³/mol. The van der Waals surface area contributed by atoms with Gasteiger partial charge in [0.05, 0.1) is 0 Å². The molecule has 0 atom stereocenters. The average molecular weight is 337 g/mol. The molecule has 3 heteroatoms. The molecule has 0 spiro atoms. The summed E-state index contributed by atoms with van der Waals surface area (Å²) in [4.78, 5) is 0. The molecule has 2 N–H and O–H groups in total. The monoisotopic (exact) mass is 336 g/mol. The van der Waals surface area contributed by atoms with Crippen molar-refractivity contribution < 1.29 is 10.2 Å². The van der Waals surface area contributed by atoms with Crippen LogP contribution in [0.3, 0.4) is 0 Å². The molecule has 0 unspecified atom stereocenters. The van der Waals surface area contributed by atoms with Gasteiger partial charge in [-0.05, 0) is 77.0 Å². The maximum Gasteiger partial charge on any atom is 0.123 e. The average Bonchev–Trinajstić information content (AvgIpc) is 2.46. The Balaban J connectivity index is 2.67. The molecule has 0 aromatic heterocycles. The lowest BCUT2D eigenvalue weighted by atomic mass is 10.0. The summed E-state index contributed by atoms with van der Waals surface area (Å²) >= 11 is 5.67. The second kappa shape index (κ2) is 10.4. The number of aromatic hydroxyl groups is 2. The molecule has 1 aromatic rings. The van der Waals surface area contributed by atoms with Crippen molar-refractivity contribution >= 4 is 11.6 Å².